The molecular weight excluding hydrogens is 318 g/mol. The van der Waals surface area contributed by atoms with Crippen LogP contribution in [0.15, 0.2) is 48.5 Å². The molecule has 1 aliphatic heterocycles. The number of halogens is 1. The van der Waals surface area contributed by atoms with Crippen LogP contribution in [-0.2, 0) is 11.2 Å². The Morgan fingerprint density at radius 3 is 2.62 bits per heavy atom. The fourth-order valence-corrected chi connectivity index (χ4v) is 3.77. The molecule has 24 heavy (non-hydrogen) atoms. The average Bonchev–Trinajstić information content (AvgIpc) is 2.61. The van der Waals surface area contributed by atoms with Crippen LogP contribution in [0.3, 0.4) is 0 Å². The maximum Gasteiger partial charge on any atom is 0.226 e. The van der Waals surface area contributed by atoms with Crippen LogP contribution in [0.1, 0.15) is 49.4 Å². The lowest BCUT2D eigenvalue weighted by Crippen LogP contribution is -2.43. The molecule has 3 rings (SSSR count). The van der Waals surface area contributed by atoms with Gasteiger partial charge >= 0.3 is 0 Å². The molecule has 0 radical (unpaired) electrons. The standard InChI is InChI=1S/C21H24ClNO/c1-3-6-15(2)21(24)23-14-13-16-7-4-5-8-19(16)20(23)17-9-11-18(22)12-10-17/h4-5,7-12,15,20H,3,6,13-14H2,1-2H3/t15-,20+/m0/s1. The maximum atomic E-state index is 13.0. The first-order valence-corrected chi connectivity index (χ1v) is 9.13. The zero-order chi connectivity index (χ0) is 17.1. The zero-order valence-electron chi connectivity index (χ0n) is 14.3. The van der Waals surface area contributed by atoms with Gasteiger partial charge in [-0.1, -0.05) is 68.3 Å². The summed E-state index contributed by atoms with van der Waals surface area (Å²) in [7, 11) is 0. The van der Waals surface area contributed by atoms with E-state index in [0.717, 1.165) is 36.4 Å². The van der Waals surface area contributed by atoms with E-state index in [2.05, 4.69) is 36.1 Å². The van der Waals surface area contributed by atoms with Gasteiger partial charge in [0.25, 0.3) is 0 Å². The first kappa shape index (κ1) is 17.0. The Morgan fingerprint density at radius 2 is 1.92 bits per heavy atom. The summed E-state index contributed by atoms with van der Waals surface area (Å²) in [6, 6.07) is 16.4. The van der Waals surface area contributed by atoms with Gasteiger partial charge in [-0.2, -0.15) is 0 Å². The third-order valence-corrected chi connectivity index (χ3v) is 5.15. The first-order valence-electron chi connectivity index (χ1n) is 8.75. The molecule has 1 aliphatic rings. The van der Waals surface area contributed by atoms with Crippen molar-refractivity contribution in [2.45, 2.75) is 39.2 Å². The minimum atomic E-state index is -0.0148. The third kappa shape index (κ3) is 3.34. The molecule has 2 aromatic rings. The highest BCUT2D eigenvalue weighted by molar-refractivity contribution is 6.30. The van der Waals surface area contributed by atoms with Gasteiger partial charge in [-0.25, -0.2) is 0 Å². The van der Waals surface area contributed by atoms with Crippen LogP contribution >= 0.6 is 11.6 Å². The van der Waals surface area contributed by atoms with E-state index in [0.29, 0.717) is 0 Å². The molecule has 0 aromatic heterocycles. The smallest absolute Gasteiger partial charge is 0.226 e. The van der Waals surface area contributed by atoms with Crippen LogP contribution in [0.4, 0.5) is 0 Å². The van der Waals surface area contributed by atoms with E-state index in [1.54, 1.807) is 0 Å². The first-order chi connectivity index (χ1) is 11.6. The number of carbonyl (C=O) groups is 1. The third-order valence-electron chi connectivity index (χ3n) is 4.90. The number of benzene rings is 2. The number of carbonyl (C=O) groups excluding carboxylic acids is 1. The maximum absolute atomic E-state index is 13.0. The molecule has 0 saturated carbocycles. The van der Waals surface area contributed by atoms with Gasteiger partial charge in [0.2, 0.25) is 5.91 Å². The van der Waals surface area contributed by atoms with Crippen LogP contribution in [0.2, 0.25) is 5.02 Å². The highest BCUT2D eigenvalue weighted by Gasteiger charge is 2.33. The number of amides is 1. The Kier molecular flexibility index (Phi) is 5.25. The normalized spacial score (nSPS) is 18.1. The molecule has 0 unspecified atom stereocenters. The Labute approximate surface area is 149 Å². The molecule has 0 aliphatic carbocycles. The monoisotopic (exact) mass is 341 g/mol. The molecule has 0 N–H and O–H groups in total. The predicted molar refractivity (Wildman–Crippen MR) is 99.2 cm³/mol. The summed E-state index contributed by atoms with van der Waals surface area (Å²) in [6.45, 7) is 4.95. The van der Waals surface area contributed by atoms with Gasteiger partial charge in [-0.05, 0) is 41.7 Å². The van der Waals surface area contributed by atoms with Gasteiger partial charge in [0.1, 0.15) is 0 Å². The summed E-state index contributed by atoms with van der Waals surface area (Å²) >= 11 is 6.06. The summed E-state index contributed by atoms with van der Waals surface area (Å²) < 4.78 is 0. The molecule has 126 valence electrons. The van der Waals surface area contributed by atoms with Gasteiger partial charge in [-0.15, -0.1) is 0 Å². The largest absolute Gasteiger partial charge is 0.331 e. The molecular formula is C21H24ClNO. The fraction of sp³-hybridized carbons (Fsp3) is 0.381. The lowest BCUT2D eigenvalue weighted by molar-refractivity contribution is -0.137. The van der Waals surface area contributed by atoms with Gasteiger partial charge in [0.15, 0.2) is 0 Å². The van der Waals surface area contributed by atoms with Gasteiger partial charge in [0, 0.05) is 17.5 Å². The Hall–Kier alpha value is -1.80. The van der Waals surface area contributed by atoms with Gasteiger partial charge in [0.05, 0.1) is 6.04 Å². The van der Waals surface area contributed by atoms with Crippen molar-refractivity contribution in [3.05, 3.63) is 70.2 Å². The molecule has 0 bridgehead atoms. The van der Waals surface area contributed by atoms with E-state index in [9.17, 15) is 4.79 Å². The zero-order valence-corrected chi connectivity index (χ0v) is 15.1. The van der Waals surface area contributed by atoms with Crippen molar-refractivity contribution in [1.82, 2.24) is 4.90 Å². The summed E-state index contributed by atoms with van der Waals surface area (Å²) in [5.41, 5.74) is 3.70. The highest BCUT2D eigenvalue weighted by atomic mass is 35.5. The van der Waals surface area contributed by atoms with E-state index < -0.39 is 0 Å². The van der Waals surface area contributed by atoms with Crippen molar-refractivity contribution in [2.75, 3.05) is 6.54 Å². The predicted octanol–water partition coefficient (Wildman–Crippen LogP) is 5.25. The van der Waals surface area contributed by atoms with E-state index in [-0.39, 0.29) is 17.9 Å². The van der Waals surface area contributed by atoms with E-state index >= 15 is 0 Å². The molecule has 2 nitrogen and oxygen atoms in total. The Morgan fingerprint density at radius 1 is 1.21 bits per heavy atom. The molecule has 0 fully saturated rings. The molecule has 0 saturated heterocycles. The fourth-order valence-electron chi connectivity index (χ4n) is 3.65. The second-order valence-electron chi connectivity index (χ2n) is 6.62. The quantitative estimate of drug-likeness (QED) is 0.743. The molecule has 2 aromatic carbocycles. The molecule has 0 spiro atoms. The van der Waals surface area contributed by atoms with Crippen LogP contribution < -0.4 is 0 Å². The molecule has 3 heteroatoms. The van der Waals surface area contributed by atoms with Crippen molar-refractivity contribution >= 4 is 17.5 Å². The van der Waals surface area contributed by atoms with Crippen molar-refractivity contribution in [3.8, 4) is 0 Å². The van der Waals surface area contributed by atoms with Crippen LogP contribution in [0, 0.1) is 5.92 Å². The van der Waals surface area contributed by atoms with Crippen LogP contribution in [0.5, 0.6) is 0 Å². The van der Waals surface area contributed by atoms with Crippen LogP contribution in [-0.4, -0.2) is 17.4 Å². The number of fused-ring (bicyclic) bond motifs is 1. The molecule has 1 heterocycles. The number of nitrogens with zero attached hydrogens (tertiary/aromatic N) is 1. The number of rotatable bonds is 4. The van der Waals surface area contributed by atoms with E-state index in [1.165, 1.54) is 11.1 Å². The lowest BCUT2D eigenvalue weighted by Gasteiger charge is -2.39. The van der Waals surface area contributed by atoms with Crippen molar-refractivity contribution in [2.24, 2.45) is 5.92 Å². The van der Waals surface area contributed by atoms with Crippen molar-refractivity contribution < 1.29 is 4.79 Å². The summed E-state index contributed by atoms with van der Waals surface area (Å²) in [4.78, 5) is 15.1. The number of hydrogen-bond acceptors (Lipinski definition) is 1. The van der Waals surface area contributed by atoms with Crippen molar-refractivity contribution in [1.29, 1.82) is 0 Å². The second kappa shape index (κ2) is 7.40. The van der Waals surface area contributed by atoms with Gasteiger partial charge < -0.3 is 4.90 Å². The minimum Gasteiger partial charge on any atom is -0.331 e. The van der Waals surface area contributed by atoms with E-state index in [1.807, 2.05) is 31.2 Å². The minimum absolute atomic E-state index is 0.0148. The van der Waals surface area contributed by atoms with Gasteiger partial charge in [-0.3, -0.25) is 4.79 Å². The SMILES string of the molecule is CCC[C@H](C)C(=O)N1CCc2ccccc2[C@H]1c1ccc(Cl)cc1. The highest BCUT2D eigenvalue weighted by Crippen LogP contribution is 2.36. The van der Waals surface area contributed by atoms with Crippen LogP contribution in [0.25, 0.3) is 0 Å². The topological polar surface area (TPSA) is 20.3 Å². The molecule has 2 atom stereocenters. The van der Waals surface area contributed by atoms with E-state index in [4.69, 9.17) is 11.6 Å². The Balaban J connectivity index is 2.02. The molecule has 1 amide bonds. The lowest BCUT2D eigenvalue weighted by atomic mass is 9.87. The van der Waals surface area contributed by atoms with Crippen molar-refractivity contribution in [3.63, 3.8) is 0 Å². The summed E-state index contributed by atoms with van der Waals surface area (Å²) in [5, 5.41) is 0.722. The summed E-state index contributed by atoms with van der Waals surface area (Å²) in [6.07, 6.45) is 2.89. The number of hydrogen-bond donors (Lipinski definition) is 0. The summed E-state index contributed by atoms with van der Waals surface area (Å²) in [5.74, 6) is 0.321. The second-order valence-corrected chi connectivity index (χ2v) is 7.06. The Bertz CT molecular complexity index is 710. The average molecular weight is 342 g/mol.